The third-order valence-electron chi connectivity index (χ3n) is 5.85. The van der Waals surface area contributed by atoms with E-state index in [1.54, 1.807) is 31.4 Å². The lowest BCUT2D eigenvalue weighted by atomic mass is 10.2. The summed E-state index contributed by atoms with van der Waals surface area (Å²) in [6, 6.07) is 14.4. The predicted octanol–water partition coefficient (Wildman–Crippen LogP) is 4.26. The Hall–Kier alpha value is -4.20. The number of thiazole rings is 1. The number of hydrogen-bond acceptors (Lipinski definition) is 10. The Labute approximate surface area is 236 Å². The Morgan fingerprint density at radius 2 is 1.55 bits per heavy atom. The molecule has 0 aliphatic rings. The fourth-order valence-electron chi connectivity index (χ4n) is 3.70. The second-order valence-corrected chi connectivity index (χ2v) is 11.6. The van der Waals surface area contributed by atoms with Crippen molar-refractivity contribution in [2.45, 2.75) is 4.90 Å². The Bertz CT molecular complexity index is 1640. The fourth-order valence-corrected chi connectivity index (χ4v) is 5.55. The van der Waals surface area contributed by atoms with Gasteiger partial charge in [-0.25, -0.2) is 17.7 Å². The molecule has 0 radical (unpaired) electrons. The summed E-state index contributed by atoms with van der Waals surface area (Å²) in [7, 11) is 5.31. The SMILES string of the molecule is COc1ccc2nc(N(/N=C/c3cc(OC)c(OC)c(OC)c3)C(=O)c3ccc(S(=O)(=O)N(C)C)cc3)sc2c1. The zero-order chi connectivity index (χ0) is 29.0. The first-order valence-electron chi connectivity index (χ1n) is 11.8. The maximum Gasteiger partial charge on any atom is 0.280 e. The first kappa shape index (κ1) is 28.8. The van der Waals surface area contributed by atoms with Crippen LogP contribution in [-0.4, -0.2) is 72.4 Å². The Morgan fingerprint density at radius 1 is 0.900 bits per heavy atom. The van der Waals surface area contributed by atoms with Gasteiger partial charge in [-0.15, -0.1) is 0 Å². The van der Waals surface area contributed by atoms with Crippen LogP contribution in [0.25, 0.3) is 10.2 Å². The van der Waals surface area contributed by atoms with Crippen molar-refractivity contribution in [3.63, 3.8) is 0 Å². The highest BCUT2D eigenvalue weighted by Gasteiger charge is 2.23. The summed E-state index contributed by atoms with van der Waals surface area (Å²) >= 11 is 1.25. The van der Waals surface area contributed by atoms with Gasteiger partial charge >= 0.3 is 0 Å². The molecule has 1 heterocycles. The van der Waals surface area contributed by atoms with E-state index in [2.05, 4.69) is 10.1 Å². The molecule has 0 saturated heterocycles. The molecule has 0 atom stereocenters. The minimum atomic E-state index is -3.66. The lowest BCUT2D eigenvalue weighted by Crippen LogP contribution is -2.26. The standard InChI is InChI=1S/C27H28N4O7S2/c1-30(2)40(33,34)20-10-7-18(8-11-20)26(32)31(27-29-21-12-9-19(35-3)15-24(21)39-27)28-16-17-13-22(36-4)25(38-6)23(14-17)37-5/h7-16H,1-6H3/b28-16+. The largest absolute Gasteiger partial charge is 0.497 e. The summed E-state index contributed by atoms with van der Waals surface area (Å²) in [5, 5.41) is 5.95. The van der Waals surface area contributed by atoms with E-state index in [0.717, 1.165) is 14.0 Å². The third-order valence-corrected chi connectivity index (χ3v) is 8.67. The number of sulfonamides is 1. The number of amides is 1. The van der Waals surface area contributed by atoms with Gasteiger partial charge in [0.2, 0.25) is 20.9 Å². The zero-order valence-corrected chi connectivity index (χ0v) is 24.4. The number of carbonyl (C=O) groups excluding carboxylic acids is 1. The number of hydrazone groups is 1. The van der Waals surface area contributed by atoms with Crippen LogP contribution in [0, 0.1) is 0 Å². The van der Waals surface area contributed by atoms with E-state index >= 15 is 0 Å². The van der Waals surface area contributed by atoms with E-state index < -0.39 is 15.9 Å². The van der Waals surface area contributed by atoms with E-state index in [-0.39, 0.29) is 10.5 Å². The third kappa shape index (κ3) is 5.71. The molecule has 40 heavy (non-hydrogen) atoms. The van der Waals surface area contributed by atoms with Gasteiger partial charge in [0.1, 0.15) is 5.75 Å². The lowest BCUT2D eigenvalue weighted by Gasteiger charge is -2.16. The van der Waals surface area contributed by atoms with Crippen LogP contribution >= 0.6 is 11.3 Å². The van der Waals surface area contributed by atoms with Gasteiger partial charge in [0.15, 0.2) is 11.5 Å². The van der Waals surface area contributed by atoms with Crippen LogP contribution < -0.4 is 24.0 Å². The van der Waals surface area contributed by atoms with Crippen LogP contribution in [-0.2, 0) is 10.0 Å². The summed E-state index contributed by atoms with van der Waals surface area (Å²) in [6.45, 7) is 0. The molecule has 4 aromatic rings. The number of methoxy groups -OCH3 is 4. The van der Waals surface area contributed by atoms with Gasteiger partial charge in [-0.1, -0.05) is 11.3 Å². The molecule has 13 heteroatoms. The molecular weight excluding hydrogens is 556 g/mol. The topological polar surface area (TPSA) is 120 Å². The van der Waals surface area contributed by atoms with E-state index in [4.69, 9.17) is 18.9 Å². The number of nitrogens with zero attached hydrogens (tertiary/aromatic N) is 4. The molecule has 0 aliphatic carbocycles. The molecule has 0 N–H and O–H groups in total. The average molecular weight is 585 g/mol. The van der Waals surface area contributed by atoms with E-state index in [1.165, 1.54) is 77.2 Å². The van der Waals surface area contributed by atoms with Gasteiger partial charge < -0.3 is 18.9 Å². The molecule has 3 aromatic carbocycles. The second-order valence-electron chi connectivity index (χ2n) is 8.46. The monoisotopic (exact) mass is 584 g/mol. The van der Waals surface area contributed by atoms with Gasteiger partial charge in [0, 0.05) is 25.2 Å². The number of ether oxygens (including phenoxy) is 4. The molecule has 0 spiro atoms. The Balaban J connectivity index is 1.78. The molecule has 4 rings (SSSR count). The van der Waals surface area contributed by atoms with Crippen molar-refractivity contribution < 1.29 is 32.2 Å². The van der Waals surface area contributed by atoms with Crippen LogP contribution in [0.5, 0.6) is 23.0 Å². The van der Waals surface area contributed by atoms with Crippen LogP contribution in [0.1, 0.15) is 15.9 Å². The first-order chi connectivity index (χ1) is 19.1. The number of rotatable bonds is 10. The minimum absolute atomic E-state index is 0.0635. The van der Waals surface area contributed by atoms with Gasteiger partial charge in [0.05, 0.1) is 49.8 Å². The summed E-state index contributed by atoms with van der Waals surface area (Å²) in [4.78, 5) is 18.4. The number of carbonyl (C=O) groups is 1. The van der Waals surface area contributed by atoms with E-state index in [1.807, 2.05) is 6.07 Å². The molecule has 0 saturated carbocycles. The molecule has 0 aliphatic heterocycles. The quantitative estimate of drug-likeness (QED) is 0.200. The zero-order valence-electron chi connectivity index (χ0n) is 22.7. The first-order valence-corrected chi connectivity index (χ1v) is 14.0. The van der Waals surface area contributed by atoms with E-state index in [9.17, 15) is 13.2 Å². The number of anilines is 1. The molecule has 0 bridgehead atoms. The predicted molar refractivity (Wildman–Crippen MR) is 154 cm³/mol. The highest BCUT2D eigenvalue weighted by molar-refractivity contribution is 7.89. The van der Waals surface area contributed by atoms with Gasteiger partial charge in [-0.3, -0.25) is 4.79 Å². The molecule has 0 fully saturated rings. The van der Waals surface area contributed by atoms with Gasteiger partial charge in [0.25, 0.3) is 5.91 Å². The van der Waals surface area contributed by atoms with E-state index in [0.29, 0.717) is 39.2 Å². The Morgan fingerprint density at radius 3 is 2.10 bits per heavy atom. The molecular formula is C27H28N4O7S2. The average Bonchev–Trinajstić information content (AvgIpc) is 3.39. The minimum Gasteiger partial charge on any atom is -0.497 e. The smallest absolute Gasteiger partial charge is 0.280 e. The normalized spacial score (nSPS) is 11.7. The van der Waals surface area contributed by atoms with Crippen molar-refractivity contribution in [1.29, 1.82) is 0 Å². The Kier molecular flexibility index (Phi) is 8.57. The van der Waals surface area contributed by atoms with Crippen molar-refractivity contribution in [2.24, 2.45) is 5.10 Å². The molecule has 210 valence electrons. The molecule has 1 amide bonds. The van der Waals surface area contributed by atoms with Gasteiger partial charge in [-0.2, -0.15) is 10.1 Å². The van der Waals surface area contributed by atoms with Crippen molar-refractivity contribution in [1.82, 2.24) is 9.29 Å². The van der Waals surface area contributed by atoms with Crippen LogP contribution in [0.2, 0.25) is 0 Å². The van der Waals surface area contributed by atoms with Crippen molar-refractivity contribution >= 4 is 48.8 Å². The van der Waals surface area contributed by atoms with Crippen LogP contribution in [0.15, 0.2) is 64.6 Å². The second kappa shape index (κ2) is 11.9. The molecule has 0 unspecified atom stereocenters. The highest BCUT2D eigenvalue weighted by atomic mass is 32.2. The summed E-state index contributed by atoms with van der Waals surface area (Å²) in [6.07, 6.45) is 1.47. The molecule has 11 nitrogen and oxygen atoms in total. The van der Waals surface area contributed by atoms with Gasteiger partial charge in [-0.05, 0) is 54.6 Å². The highest BCUT2D eigenvalue weighted by Crippen LogP contribution is 2.38. The summed E-state index contributed by atoms with van der Waals surface area (Å²) in [5.74, 6) is 1.41. The van der Waals surface area contributed by atoms with Crippen LogP contribution in [0.3, 0.4) is 0 Å². The molecule has 1 aromatic heterocycles. The summed E-state index contributed by atoms with van der Waals surface area (Å²) < 4.78 is 48.4. The number of fused-ring (bicyclic) bond motifs is 1. The maximum absolute atomic E-state index is 13.7. The number of aromatic nitrogens is 1. The van der Waals surface area contributed by atoms with Crippen molar-refractivity contribution in [2.75, 3.05) is 47.5 Å². The lowest BCUT2D eigenvalue weighted by molar-refractivity contribution is 0.0987. The number of hydrogen-bond donors (Lipinski definition) is 0. The van der Waals surface area contributed by atoms with Crippen molar-refractivity contribution in [3.05, 3.63) is 65.7 Å². The number of benzene rings is 3. The summed E-state index contributed by atoms with van der Waals surface area (Å²) in [5.41, 5.74) is 1.45. The van der Waals surface area contributed by atoms with Crippen LogP contribution in [0.4, 0.5) is 5.13 Å². The maximum atomic E-state index is 13.7. The fraction of sp³-hybridized carbons (Fsp3) is 0.222. The van der Waals surface area contributed by atoms with Crippen molar-refractivity contribution in [3.8, 4) is 23.0 Å².